The number of rotatable bonds is 16. The van der Waals surface area contributed by atoms with Gasteiger partial charge in [-0.25, -0.2) is 0 Å². The molecule has 0 amide bonds. The maximum atomic E-state index is 12.0. The quantitative estimate of drug-likeness (QED) is 0.245. The fourth-order valence-corrected chi connectivity index (χ4v) is 3.05. The normalized spacial score (nSPS) is 13.5. The van der Waals surface area contributed by atoms with Crippen molar-refractivity contribution >= 4 is 11.9 Å². The molecule has 0 aromatic carbocycles. The number of ether oxygens (including phenoxy) is 2. The third-order valence-corrected chi connectivity index (χ3v) is 4.65. The smallest absolute Gasteiger partial charge is 0.306 e. The molecule has 2 unspecified atom stereocenters. The molecular formula is C22H42O4. The van der Waals surface area contributed by atoms with Crippen LogP contribution in [0.3, 0.4) is 0 Å². The third-order valence-electron chi connectivity index (χ3n) is 4.65. The Kier molecular flexibility index (Phi) is 15.5. The van der Waals surface area contributed by atoms with E-state index < -0.39 is 0 Å². The van der Waals surface area contributed by atoms with Crippen molar-refractivity contribution in [2.45, 2.75) is 111 Å². The molecule has 0 heterocycles. The Morgan fingerprint density at radius 2 is 1.35 bits per heavy atom. The van der Waals surface area contributed by atoms with Crippen LogP contribution in [0.5, 0.6) is 0 Å². The van der Waals surface area contributed by atoms with Crippen LogP contribution in [0.1, 0.15) is 105 Å². The molecular weight excluding hydrogens is 328 g/mol. The first-order valence-electron chi connectivity index (χ1n) is 10.8. The SMILES string of the molecule is CCCC(C)C(CC)OC(=O)CCCCCCCCC(=O)OCC(C)C. The molecule has 4 nitrogen and oxygen atoms in total. The first kappa shape index (κ1) is 24.9. The highest BCUT2D eigenvalue weighted by atomic mass is 16.5. The van der Waals surface area contributed by atoms with E-state index in [1.165, 1.54) is 0 Å². The van der Waals surface area contributed by atoms with E-state index in [0.717, 1.165) is 57.8 Å². The van der Waals surface area contributed by atoms with Crippen molar-refractivity contribution in [3.05, 3.63) is 0 Å². The van der Waals surface area contributed by atoms with Gasteiger partial charge in [0.2, 0.25) is 0 Å². The summed E-state index contributed by atoms with van der Waals surface area (Å²) in [5.74, 6) is 0.714. The average Bonchev–Trinajstić information content (AvgIpc) is 2.60. The number of hydrogen-bond acceptors (Lipinski definition) is 4. The number of esters is 2. The van der Waals surface area contributed by atoms with Gasteiger partial charge in [0.05, 0.1) is 6.61 Å². The van der Waals surface area contributed by atoms with E-state index in [-0.39, 0.29) is 18.0 Å². The van der Waals surface area contributed by atoms with E-state index in [0.29, 0.717) is 31.3 Å². The second-order valence-corrected chi connectivity index (χ2v) is 7.90. The van der Waals surface area contributed by atoms with Gasteiger partial charge < -0.3 is 9.47 Å². The monoisotopic (exact) mass is 370 g/mol. The van der Waals surface area contributed by atoms with Crippen LogP contribution in [0, 0.1) is 11.8 Å². The molecule has 0 N–H and O–H groups in total. The number of carbonyl (C=O) groups is 2. The molecule has 0 fully saturated rings. The molecule has 0 saturated heterocycles. The third kappa shape index (κ3) is 14.1. The lowest BCUT2D eigenvalue weighted by Crippen LogP contribution is -2.24. The van der Waals surface area contributed by atoms with Gasteiger partial charge in [0.25, 0.3) is 0 Å². The summed E-state index contributed by atoms with van der Waals surface area (Å²) in [6.07, 6.45) is 10.4. The summed E-state index contributed by atoms with van der Waals surface area (Å²) >= 11 is 0. The van der Waals surface area contributed by atoms with E-state index >= 15 is 0 Å². The van der Waals surface area contributed by atoms with Crippen LogP contribution >= 0.6 is 0 Å². The summed E-state index contributed by atoms with van der Waals surface area (Å²) in [7, 11) is 0. The molecule has 0 aromatic heterocycles. The Balaban J connectivity index is 3.59. The van der Waals surface area contributed by atoms with Crippen molar-refractivity contribution in [2.75, 3.05) is 6.61 Å². The second-order valence-electron chi connectivity index (χ2n) is 7.90. The van der Waals surface area contributed by atoms with Gasteiger partial charge >= 0.3 is 11.9 Å². The first-order valence-corrected chi connectivity index (χ1v) is 10.8. The molecule has 0 radical (unpaired) electrons. The molecule has 0 aliphatic carbocycles. The Labute approximate surface area is 161 Å². The van der Waals surface area contributed by atoms with Crippen molar-refractivity contribution in [3.63, 3.8) is 0 Å². The van der Waals surface area contributed by atoms with E-state index in [1.807, 2.05) is 13.8 Å². The molecule has 0 aromatic rings. The zero-order chi connectivity index (χ0) is 19.8. The maximum absolute atomic E-state index is 12.0. The second kappa shape index (κ2) is 16.1. The fraction of sp³-hybridized carbons (Fsp3) is 0.909. The average molecular weight is 371 g/mol. The molecule has 4 heteroatoms. The number of hydrogen-bond donors (Lipinski definition) is 0. The topological polar surface area (TPSA) is 52.6 Å². The molecule has 2 atom stereocenters. The zero-order valence-corrected chi connectivity index (χ0v) is 17.9. The van der Waals surface area contributed by atoms with Crippen LogP contribution < -0.4 is 0 Å². The molecule has 0 rings (SSSR count). The largest absolute Gasteiger partial charge is 0.465 e. The predicted octanol–water partition coefficient (Wildman–Crippen LogP) is 6.06. The molecule has 0 aliphatic rings. The summed E-state index contributed by atoms with van der Waals surface area (Å²) in [6.45, 7) is 11.0. The van der Waals surface area contributed by atoms with Crippen LogP contribution in [-0.4, -0.2) is 24.6 Å². The molecule has 154 valence electrons. The Morgan fingerprint density at radius 3 is 1.85 bits per heavy atom. The van der Waals surface area contributed by atoms with E-state index in [4.69, 9.17) is 9.47 Å². The summed E-state index contributed by atoms with van der Waals surface area (Å²) in [5.41, 5.74) is 0. The van der Waals surface area contributed by atoms with Crippen LogP contribution in [0.25, 0.3) is 0 Å². The predicted molar refractivity (Wildman–Crippen MR) is 107 cm³/mol. The standard InChI is InChI=1S/C22H42O4/c1-6-14-19(5)20(7-2)26-22(24)16-13-11-9-8-10-12-15-21(23)25-17-18(3)4/h18-20H,6-17H2,1-5H3. The lowest BCUT2D eigenvalue weighted by molar-refractivity contribution is -0.152. The van der Waals surface area contributed by atoms with Crippen molar-refractivity contribution in [2.24, 2.45) is 11.8 Å². The van der Waals surface area contributed by atoms with Crippen LogP contribution in [0.15, 0.2) is 0 Å². The zero-order valence-electron chi connectivity index (χ0n) is 17.9. The van der Waals surface area contributed by atoms with Gasteiger partial charge in [-0.15, -0.1) is 0 Å². The van der Waals surface area contributed by atoms with E-state index in [2.05, 4.69) is 20.8 Å². The van der Waals surface area contributed by atoms with E-state index in [1.54, 1.807) is 0 Å². The molecule has 0 saturated carbocycles. The molecule has 26 heavy (non-hydrogen) atoms. The Morgan fingerprint density at radius 1 is 0.808 bits per heavy atom. The van der Waals surface area contributed by atoms with Gasteiger partial charge in [-0.05, 0) is 37.5 Å². The molecule has 0 aliphatic heterocycles. The minimum atomic E-state index is -0.0794. The van der Waals surface area contributed by atoms with Crippen molar-refractivity contribution in [1.82, 2.24) is 0 Å². The van der Waals surface area contributed by atoms with E-state index in [9.17, 15) is 9.59 Å². The van der Waals surface area contributed by atoms with Gasteiger partial charge in [0.1, 0.15) is 6.10 Å². The van der Waals surface area contributed by atoms with Crippen LogP contribution in [0.4, 0.5) is 0 Å². The van der Waals surface area contributed by atoms with Gasteiger partial charge in [0.15, 0.2) is 0 Å². The fourth-order valence-electron chi connectivity index (χ4n) is 3.05. The van der Waals surface area contributed by atoms with Gasteiger partial charge in [0, 0.05) is 12.8 Å². The van der Waals surface area contributed by atoms with Crippen LogP contribution in [-0.2, 0) is 19.1 Å². The highest BCUT2D eigenvalue weighted by molar-refractivity contribution is 5.69. The first-order chi connectivity index (χ1) is 12.4. The Hall–Kier alpha value is -1.06. The summed E-state index contributed by atoms with van der Waals surface area (Å²) in [5, 5.41) is 0. The van der Waals surface area contributed by atoms with Crippen molar-refractivity contribution in [1.29, 1.82) is 0 Å². The lowest BCUT2D eigenvalue weighted by Gasteiger charge is -2.22. The molecule has 0 spiro atoms. The maximum Gasteiger partial charge on any atom is 0.306 e. The molecule has 0 bridgehead atoms. The van der Waals surface area contributed by atoms with Gasteiger partial charge in [-0.1, -0.05) is 66.7 Å². The van der Waals surface area contributed by atoms with Crippen molar-refractivity contribution in [3.8, 4) is 0 Å². The summed E-state index contributed by atoms with van der Waals surface area (Å²) in [6, 6.07) is 0. The number of unbranched alkanes of at least 4 members (excludes halogenated alkanes) is 5. The number of carbonyl (C=O) groups excluding carboxylic acids is 2. The lowest BCUT2D eigenvalue weighted by atomic mass is 9.97. The highest BCUT2D eigenvalue weighted by Gasteiger charge is 2.18. The minimum Gasteiger partial charge on any atom is -0.465 e. The van der Waals surface area contributed by atoms with Gasteiger partial charge in [-0.2, -0.15) is 0 Å². The minimum absolute atomic E-state index is 0.0484. The van der Waals surface area contributed by atoms with Gasteiger partial charge in [-0.3, -0.25) is 9.59 Å². The Bertz CT molecular complexity index is 365. The summed E-state index contributed by atoms with van der Waals surface area (Å²) < 4.78 is 10.8. The van der Waals surface area contributed by atoms with Crippen molar-refractivity contribution < 1.29 is 19.1 Å². The van der Waals surface area contributed by atoms with Crippen LogP contribution in [0.2, 0.25) is 0 Å². The highest BCUT2D eigenvalue weighted by Crippen LogP contribution is 2.18. The summed E-state index contributed by atoms with van der Waals surface area (Å²) in [4.78, 5) is 23.5.